The third-order valence-electron chi connectivity index (χ3n) is 4.18. The van der Waals surface area contributed by atoms with Crippen LogP contribution in [-0.2, 0) is 6.54 Å². The molecule has 3 nitrogen and oxygen atoms in total. The molecule has 23 heavy (non-hydrogen) atoms. The van der Waals surface area contributed by atoms with E-state index in [1.54, 1.807) is 18.4 Å². The second-order valence-electron chi connectivity index (χ2n) is 5.93. The number of nitrogens with zero attached hydrogens (tertiary/aromatic N) is 2. The van der Waals surface area contributed by atoms with Crippen LogP contribution < -0.4 is 4.74 Å². The van der Waals surface area contributed by atoms with Crippen molar-refractivity contribution in [3.05, 3.63) is 58.6 Å². The summed E-state index contributed by atoms with van der Waals surface area (Å²) < 4.78 is 6.74. The van der Waals surface area contributed by atoms with Gasteiger partial charge in [0.25, 0.3) is 0 Å². The van der Waals surface area contributed by atoms with Crippen LogP contribution in [0.3, 0.4) is 0 Å². The smallest absolute Gasteiger partial charge is 0.123 e. The van der Waals surface area contributed by atoms with Gasteiger partial charge in [0.05, 0.1) is 23.4 Å². The van der Waals surface area contributed by atoms with E-state index in [9.17, 15) is 0 Å². The number of aromatic nitrogens is 1. The van der Waals surface area contributed by atoms with Gasteiger partial charge in [-0.25, -0.2) is 4.98 Å². The first-order valence-electron chi connectivity index (χ1n) is 7.77. The van der Waals surface area contributed by atoms with E-state index in [-0.39, 0.29) is 6.04 Å². The number of hydrogen-bond donors (Lipinski definition) is 0. The van der Waals surface area contributed by atoms with Crippen LogP contribution in [-0.4, -0.2) is 24.0 Å². The summed E-state index contributed by atoms with van der Waals surface area (Å²) in [7, 11) is 3.86. The highest BCUT2D eigenvalue weighted by Gasteiger charge is 2.17. The Balaban J connectivity index is 1.82. The summed E-state index contributed by atoms with van der Waals surface area (Å²) in [5.74, 6) is 0.943. The number of thiazole rings is 1. The molecule has 120 valence electrons. The van der Waals surface area contributed by atoms with Gasteiger partial charge in [-0.15, -0.1) is 11.3 Å². The van der Waals surface area contributed by atoms with Crippen molar-refractivity contribution in [3.63, 3.8) is 0 Å². The summed E-state index contributed by atoms with van der Waals surface area (Å²) in [6.07, 6.45) is 0. The molecule has 0 aliphatic rings. The van der Waals surface area contributed by atoms with E-state index in [1.807, 2.05) is 12.1 Å². The molecule has 0 saturated carbocycles. The Morgan fingerprint density at radius 2 is 2.00 bits per heavy atom. The number of para-hydroxylation sites is 1. The lowest BCUT2D eigenvalue weighted by Crippen LogP contribution is -2.22. The summed E-state index contributed by atoms with van der Waals surface area (Å²) in [5.41, 5.74) is 3.55. The van der Waals surface area contributed by atoms with E-state index in [4.69, 9.17) is 9.72 Å². The minimum Gasteiger partial charge on any atom is -0.496 e. The lowest BCUT2D eigenvalue weighted by atomic mass is 10.1. The van der Waals surface area contributed by atoms with Crippen molar-refractivity contribution in [1.29, 1.82) is 0 Å². The third kappa shape index (κ3) is 3.38. The Morgan fingerprint density at radius 1 is 1.22 bits per heavy atom. The Morgan fingerprint density at radius 3 is 2.74 bits per heavy atom. The number of aryl methyl sites for hydroxylation is 1. The molecule has 1 atom stereocenters. The fraction of sp³-hybridized carbons (Fsp3) is 0.316. The van der Waals surface area contributed by atoms with Crippen molar-refractivity contribution in [2.75, 3.05) is 14.2 Å². The summed E-state index contributed by atoms with van der Waals surface area (Å²) >= 11 is 1.77. The van der Waals surface area contributed by atoms with E-state index in [0.29, 0.717) is 0 Å². The van der Waals surface area contributed by atoms with E-state index >= 15 is 0 Å². The van der Waals surface area contributed by atoms with Crippen molar-refractivity contribution in [2.24, 2.45) is 0 Å². The molecular weight excluding hydrogens is 304 g/mol. The van der Waals surface area contributed by atoms with Gasteiger partial charge in [0.15, 0.2) is 0 Å². The van der Waals surface area contributed by atoms with E-state index in [1.165, 1.54) is 15.8 Å². The molecule has 0 aliphatic heterocycles. The first kappa shape index (κ1) is 16.0. The highest BCUT2D eigenvalue weighted by molar-refractivity contribution is 7.18. The quantitative estimate of drug-likeness (QED) is 0.673. The molecule has 0 radical (unpaired) electrons. The zero-order valence-corrected chi connectivity index (χ0v) is 14.9. The molecule has 4 heteroatoms. The van der Waals surface area contributed by atoms with Gasteiger partial charge < -0.3 is 4.74 Å². The van der Waals surface area contributed by atoms with Gasteiger partial charge in [0, 0.05) is 12.1 Å². The van der Waals surface area contributed by atoms with E-state index in [0.717, 1.165) is 22.8 Å². The fourth-order valence-electron chi connectivity index (χ4n) is 2.69. The predicted octanol–water partition coefficient (Wildman–Crippen LogP) is 4.81. The maximum absolute atomic E-state index is 5.49. The number of rotatable bonds is 5. The predicted molar refractivity (Wildman–Crippen MR) is 97.2 cm³/mol. The summed E-state index contributed by atoms with van der Waals surface area (Å²) in [5, 5.41) is 1.15. The molecule has 0 unspecified atom stereocenters. The van der Waals surface area contributed by atoms with Gasteiger partial charge in [0.1, 0.15) is 10.8 Å². The first-order valence-corrected chi connectivity index (χ1v) is 8.59. The van der Waals surface area contributed by atoms with Crippen LogP contribution in [0.1, 0.15) is 29.1 Å². The zero-order valence-electron chi connectivity index (χ0n) is 14.0. The number of methoxy groups -OCH3 is 1. The second kappa shape index (κ2) is 6.69. The summed E-state index contributed by atoms with van der Waals surface area (Å²) in [4.78, 5) is 7.10. The minimum absolute atomic E-state index is 0.262. The lowest BCUT2D eigenvalue weighted by molar-refractivity contribution is 0.248. The van der Waals surface area contributed by atoms with Gasteiger partial charge in [-0.05, 0) is 39.1 Å². The molecular formula is C19H22N2OS. The maximum Gasteiger partial charge on any atom is 0.123 e. The first-order chi connectivity index (χ1) is 11.1. The maximum atomic E-state index is 5.49. The van der Waals surface area contributed by atoms with Crippen LogP contribution >= 0.6 is 11.3 Å². The van der Waals surface area contributed by atoms with Crippen molar-refractivity contribution in [2.45, 2.75) is 26.4 Å². The van der Waals surface area contributed by atoms with Crippen LogP contribution in [0, 0.1) is 6.92 Å². The molecule has 3 rings (SSSR count). The highest BCUT2D eigenvalue weighted by Crippen LogP contribution is 2.30. The van der Waals surface area contributed by atoms with Gasteiger partial charge >= 0.3 is 0 Å². The molecule has 0 fully saturated rings. The molecule has 0 spiro atoms. The van der Waals surface area contributed by atoms with Crippen molar-refractivity contribution in [3.8, 4) is 5.75 Å². The SMILES string of the molecule is COc1ccc(C)cc1CN(C)[C@H](C)c1nc2ccccc2s1. The highest BCUT2D eigenvalue weighted by atomic mass is 32.1. The number of fused-ring (bicyclic) bond motifs is 1. The number of ether oxygens (including phenoxy) is 1. The molecule has 0 amide bonds. The van der Waals surface area contributed by atoms with Crippen LogP contribution in [0.25, 0.3) is 10.2 Å². The molecule has 0 saturated heterocycles. The Bertz CT molecular complexity index is 779. The standard InChI is InChI=1S/C19H22N2OS/c1-13-9-10-17(22-4)15(11-13)12-21(3)14(2)19-20-16-7-5-6-8-18(16)23-19/h5-11,14H,12H2,1-4H3/t14-/m1/s1. The fourth-order valence-corrected chi connectivity index (χ4v) is 3.78. The van der Waals surface area contributed by atoms with E-state index in [2.05, 4.69) is 56.1 Å². The minimum atomic E-state index is 0.262. The second-order valence-corrected chi connectivity index (χ2v) is 6.99. The van der Waals surface area contributed by atoms with Crippen LogP contribution in [0.4, 0.5) is 0 Å². The zero-order chi connectivity index (χ0) is 16.4. The topological polar surface area (TPSA) is 25.4 Å². The monoisotopic (exact) mass is 326 g/mol. The molecule has 3 aromatic rings. The van der Waals surface area contributed by atoms with Crippen LogP contribution in [0.15, 0.2) is 42.5 Å². The summed E-state index contributed by atoms with van der Waals surface area (Å²) in [6, 6.07) is 14.9. The number of hydrogen-bond acceptors (Lipinski definition) is 4. The Hall–Kier alpha value is -1.91. The largest absolute Gasteiger partial charge is 0.496 e. The molecule has 0 N–H and O–H groups in total. The van der Waals surface area contributed by atoms with Crippen LogP contribution in [0.5, 0.6) is 5.75 Å². The molecule has 0 bridgehead atoms. The van der Waals surface area contributed by atoms with Gasteiger partial charge in [-0.2, -0.15) is 0 Å². The average molecular weight is 326 g/mol. The molecule has 0 aliphatic carbocycles. The number of benzene rings is 2. The molecule has 2 aromatic carbocycles. The molecule has 1 heterocycles. The van der Waals surface area contributed by atoms with Gasteiger partial charge in [0.2, 0.25) is 0 Å². The summed E-state index contributed by atoms with van der Waals surface area (Å²) in [6.45, 7) is 5.15. The average Bonchev–Trinajstić information content (AvgIpc) is 2.98. The van der Waals surface area contributed by atoms with Crippen molar-refractivity contribution in [1.82, 2.24) is 9.88 Å². The molecule has 1 aromatic heterocycles. The van der Waals surface area contributed by atoms with Gasteiger partial charge in [-0.3, -0.25) is 4.90 Å². The van der Waals surface area contributed by atoms with Gasteiger partial charge in [-0.1, -0.05) is 29.8 Å². The lowest BCUT2D eigenvalue weighted by Gasteiger charge is -2.24. The van der Waals surface area contributed by atoms with Crippen molar-refractivity contribution >= 4 is 21.6 Å². The van der Waals surface area contributed by atoms with E-state index < -0.39 is 0 Å². The Kier molecular flexibility index (Phi) is 4.64. The van der Waals surface area contributed by atoms with Crippen molar-refractivity contribution < 1.29 is 4.74 Å². The third-order valence-corrected chi connectivity index (χ3v) is 5.39. The normalized spacial score (nSPS) is 12.7. The Labute approximate surface area is 141 Å². The van der Waals surface area contributed by atoms with Crippen LogP contribution in [0.2, 0.25) is 0 Å².